The molecule has 0 aliphatic heterocycles. The number of aromatic nitrogens is 3. The first-order valence-electron chi connectivity index (χ1n) is 14.4. The Morgan fingerprint density at radius 1 is 0.659 bits per heavy atom. The van der Waals surface area contributed by atoms with Crippen molar-refractivity contribution < 1.29 is 19.0 Å². The van der Waals surface area contributed by atoms with E-state index >= 15 is 0 Å². The van der Waals surface area contributed by atoms with E-state index in [4.69, 9.17) is 19.2 Å². The summed E-state index contributed by atoms with van der Waals surface area (Å²) in [6, 6.07) is 36.8. The highest BCUT2D eigenvalue weighted by molar-refractivity contribution is 6.15. The van der Waals surface area contributed by atoms with Crippen LogP contribution < -0.4 is 9.47 Å². The molecule has 0 saturated heterocycles. The van der Waals surface area contributed by atoms with E-state index in [1.54, 1.807) is 14.2 Å². The van der Waals surface area contributed by atoms with Gasteiger partial charge in [0.1, 0.15) is 11.5 Å². The van der Waals surface area contributed by atoms with E-state index in [0.717, 1.165) is 66.7 Å². The van der Waals surface area contributed by atoms with Crippen LogP contribution in [-0.2, 0) is 17.8 Å². The molecule has 3 aromatic heterocycles. The zero-order valence-electron chi connectivity index (χ0n) is 24.8. The molecule has 0 saturated carbocycles. The normalized spacial score (nSPS) is 11.3. The lowest BCUT2D eigenvalue weighted by Gasteiger charge is -2.14. The van der Waals surface area contributed by atoms with Crippen molar-refractivity contribution in [3.8, 4) is 22.9 Å². The maximum Gasteiger partial charge on any atom is 0.356 e. The average molecular weight is 582 g/mol. The van der Waals surface area contributed by atoms with Gasteiger partial charge >= 0.3 is 5.97 Å². The first-order valence-corrected chi connectivity index (χ1v) is 14.4. The molecule has 0 aliphatic carbocycles. The van der Waals surface area contributed by atoms with Crippen molar-refractivity contribution in [3.63, 3.8) is 0 Å². The van der Waals surface area contributed by atoms with E-state index in [2.05, 4.69) is 63.7 Å². The molecular formula is C37H31N3O4. The highest BCUT2D eigenvalue weighted by Gasteiger charge is 2.23. The maximum atomic E-state index is 13.1. The number of ether oxygens (including phenoxy) is 3. The van der Waals surface area contributed by atoms with Gasteiger partial charge in [0, 0.05) is 40.3 Å². The average Bonchev–Trinajstić information content (AvgIpc) is 3.60. The summed E-state index contributed by atoms with van der Waals surface area (Å²) in [4.78, 5) is 18.1. The molecule has 4 aromatic carbocycles. The van der Waals surface area contributed by atoms with Gasteiger partial charge in [-0.1, -0.05) is 60.7 Å². The van der Waals surface area contributed by atoms with Gasteiger partial charge in [0.15, 0.2) is 5.69 Å². The number of methoxy groups -OCH3 is 3. The van der Waals surface area contributed by atoms with Crippen LogP contribution in [-0.4, -0.2) is 41.4 Å². The zero-order valence-corrected chi connectivity index (χ0v) is 24.8. The van der Waals surface area contributed by atoms with Crippen LogP contribution in [0.15, 0.2) is 109 Å². The van der Waals surface area contributed by atoms with Crippen LogP contribution in [0.4, 0.5) is 0 Å². The minimum absolute atomic E-state index is 0.259. The number of nitrogens with zero attached hydrogens (tertiary/aromatic N) is 3. The minimum Gasteiger partial charge on any atom is -0.497 e. The number of carbonyl (C=O) groups excluding carboxylic acids is 1. The van der Waals surface area contributed by atoms with Crippen molar-refractivity contribution in [2.75, 3.05) is 21.3 Å². The maximum absolute atomic E-state index is 13.1. The highest BCUT2D eigenvalue weighted by atomic mass is 16.5. The van der Waals surface area contributed by atoms with Gasteiger partial charge < -0.3 is 23.3 Å². The standard InChI is InChI=1S/C37H31N3O4/c1-42-27-16-12-24(13-17-27)22-39-31-10-6-4-8-26(31)20-34(39)36-35-29-9-5-7-11-32(29)40(23-25-14-18-28(43-2)19-15-25)33(35)21-30(38-36)37(41)44-3/h4-21H,22-23H2,1-3H3. The van der Waals surface area contributed by atoms with E-state index in [1.807, 2.05) is 54.6 Å². The molecule has 7 nitrogen and oxygen atoms in total. The van der Waals surface area contributed by atoms with Crippen molar-refractivity contribution >= 4 is 38.7 Å². The summed E-state index contributed by atoms with van der Waals surface area (Å²) in [5, 5.41) is 3.15. The fraction of sp³-hybridized carbons (Fsp3) is 0.135. The lowest BCUT2D eigenvalue weighted by Crippen LogP contribution is -2.08. The molecule has 7 aromatic rings. The lowest BCUT2D eigenvalue weighted by atomic mass is 10.1. The molecule has 3 heterocycles. The molecule has 0 N–H and O–H groups in total. The molecule has 7 heteroatoms. The Kier molecular flexibility index (Phi) is 6.98. The van der Waals surface area contributed by atoms with E-state index in [1.165, 1.54) is 7.11 Å². The quantitative estimate of drug-likeness (QED) is 0.172. The van der Waals surface area contributed by atoms with Crippen molar-refractivity contribution in [1.29, 1.82) is 0 Å². The molecule has 44 heavy (non-hydrogen) atoms. The van der Waals surface area contributed by atoms with Crippen LogP contribution in [0.3, 0.4) is 0 Å². The van der Waals surface area contributed by atoms with E-state index in [0.29, 0.717) is 13.1 Å². The van der Waals surface area contributed by atoms with Crippen LogP contribution in [0.25, 0.3) is 44.1 Å². The number of para-hydroxylation sites is 2. The molecule has 0 atom stereocenters. The van der Waals surface area contributed by atoms with Gasteiger partial charge in [0.25, 0.3) is 0 Å². The number of hydrogen-bond acceptors (Lipinski definition) is 5. The monoisotopic (exact) mass is 581 g/mol. The molecule has 0 spiro atoms. The molecule has 0 radical (unpaired) electrons. The van der Waals surface area contributed by atoms with Gasteiger partial charge in [-0.3, -0.25) is 0 Å². The predicted molar refractivity (Wildman–Crippen MR) is 174 cm³/mol. The Hall–Kier alpha value is -5.56. The third-order valence-corrected chi connectivity index (χ3v) is 8.20. The smallest absolute Gasteiger partial charge is 0.356 e. The number of esters is 1. The molecular weight excluding hydrogens is 550 g/mol. The van der Waals surface area contributed by atoms with Gasteiger partial charge in [-0.05, 0) is 59.7 Å². The second-order valence-corrected chi connectivity index (χ2v) is 10.7. The van der Waals surface area contributed by atoms with Crippen LogP contribution in [0, 0.1) is 0 Å². The summed E-state index contributed by atoms with van der Waals surface area (Å²) in [6.45, 7) is 1.22. The number of benzene rings is 4. The number of pyridine rings is 1. The van der Waals surface area contributed by atoms with Crippen LogP contribution >= 0.6 is 0 Å². The lowest BCUT2D eigenvalue weighted by molar-refractivity contribution is 0.0594. The molecule has 0 amide bonds. The molecule has 0 unspecified atom stereocenters. The van der Waals surface area contributed by atoms with Crippen LogP contribution in [0.2, 0.25) is 0 Å². The number of fused-ring (bicyclic) bond motifs is 4. The third kappa shape index (κ3) is 4.72. The zero-order chi connectivity index (χ0) is 30.2. The first-order chi connectivity index (χ1) is 21.6. The molecule has 218 valence electrons. The summed E-state index contributed by atoms with van der Waals surface area (Å²) in [7, 11) is 4.73. The van der Waals surface area contributed by atoms with Gasteiger partial charge in [-0.25, -0.2) is 9.78 Å². The van der Waals surface area contributed by atoms with Crippen molar-refractivity contribution in [2.24, 2.45) is 0 Å². The fourth-order valence-electron chi connectivity index (χ4n) is 6.03. The van der Waals surface area contributed by atoms with Gasteiger partial charge in [0.05, 0.1) is 38.2 Å². The second-order valence-electron chi connectivity index (χ2n) is 10.7. The van der Waals surface area contributed by atoms with Crippen molar-refractivity contribution in [2.45, 2.75) is 13.1 Å². The number of carbonyl (C=O) groups is 1. The molecule has 0 bridgehead atoms. The Bertz CT molecular complexity index is 2140. The van der Waals surface area contributed by atoms with Gasteiger partial charge in [-0.2, -0.15) is 0 Å². The van der Waals surface area contributed by atoms with E-state index < -0.39 is 5.97 Å². The van der Waals surface area contributed by atoms with E-state index in [9.17, 15) is 4.79 Å². The first kappa shape index (κ1) is 27.3. The summed E-state index contributed by atoms with van der Waals surface area (Å²) in [5.74, 6) is 1.14. The minimum atomic E-state index is -0.479. The Balaban J connectivity index is 1.50. The Morgan fingerprint density at radius 2 is 1.25 bits per heavy atom. The molecule has 0 aliphatic rings. The van der Waals surface area contributed by atoms with Crippen molar-refractivity contribution in [3.05, 3.63) is 126 Å². The van der Waals surface area contributed by atoms with Gasteiger partial charge in [-0.15, -0.1) is 0 Å². The predicted octanol–water partition coefficient (Wildman–Crippen LogP) is 7.71. The number of rotatable bonds is 8. The van der Waals surface area contributed by atoms with Crippen LogP contribution in [0.5, 0.6) is 11.5 Å². The van der Waals surface area contributed by atoms with Crippen LogP contribution in [0.1, 0.15) is 21.6 Å². The Labute approximate surface area is 254 Å². The molecule has 0 fully saturated rings. The topological polar surface area (TPSA) is 67.5 Å². The highest BCUT2D eigenvalue weighted by Crippen LogP contribution is 2.39. The Morgan fingerprint density at radius 3 is 1.89 bits per heavy atom. The molecule has 7 rings (SSSR count). The second kappa shape index (κ2) is 11.3. The summed E-state index contributed by atoms with van der Waals surface area (Å²) in [5.41, 5.74) is 7.20. The van der Waals surface area contributed by atoms with Crippen molar-refractivity contribution in [1.82, 2.24) is 14.1 Å². The fourth-order valence-corrected chi connectivity index (χ4v) is 6.03. The summed E-state index contributed by atoms with van der Waals surface area (Å²) < 4.78 is 20.5. The third-order valence-electron chi connectivity index (χ3n) is 8.20. The summed E-state index contributed by atoms with van der Waals surface area (Å²) >= 11 is 0. The number of hydrogen-bond donors (Lipinski definition) is 0. The largest absolute Gasteiger partial charge is 0.497 e. The van der Waals surface area contributed by atoms with E-state index in [-0.39, 0.29) is 5.69 Å². The SMILES string of the molecule is COC(=O)c1cc2c(c(-c3cc4ccccc4n3Cc3ccc(OC)cc3)n1)c1ccccc1n2Cc1ccc(OC)cc1. The summed E-state index contributed by atoms with van der Waals surface area (Å²) in [6.07, 6.45) is 0. The van der Waals surface area contributed by atoms with Gasteiger partial charge in [0.2, 0.25) is 0 Å².